The molecule has 2 heterocycles. The summed E-state index contributed by atoms with van der Waals surface area (Å²) in [6.07, 6.45) is 3.03. The van der Waals surface area contributed by atoms with E-state index in [1.54, 1.807) is 24.4 Å². The number of ether oxygens (including phenoxy) is 1. The molecule has 0 aliphatic carbocycles. The molecule has 0 N–H and O–H groups in total. The van der Waals surface area contributed by atoms with Crippen molar-refractivity contribution >= 4 is 33.2 Å². The topological polar surface area (TPSA) is 52.1 Å². The maximum atomic E-state index is 12.9. The molecule has 7 heteroatoms. The summed E-state index contributed by atoms with van der Waals surface area (Å²) in [6.45, 7) is 0.0725. The molecule has 0 spiro atoms. The van der Waals surface area contributed by atoms with Crippen LogP contribution in [0.15, 0.2) is 52.6 Å². The van der Waals surface area contributed by atoms with Gasteiger partial charge in [-0.15, -0.1) is 11.3 Å². The van der Waals surface area contributed by atoms with E-state index in [0.29, 0.717) is 15.7 Å². The second-order valence-corrected chi connectivity index (χ2v) is 6.39. The van der Waals surface area contributed by atoms with Gasteiger partial charge in [-0.25, -0.2) is 14.2 Å². The number of benzene rings is 1. The van der Waals surface area contributed by atoms with E-state index < -0.39 is 5.97 Å². The Hall–Kier alpha value is -2.12. The molecular formula is C16H10BrFN2O2S. The minimum Gasteiger partial charge on any atom is -0.456 e. The van der Waals surface area contributed by atoms with Crippen LogP contribution in [0.5, 0.6) is 0 Å². The van der Waals surface area contributed by atoms with Gasteiger partial charge in [-0.1, -0.05) is 0 Å². The molecular weight excluding hydrogens is 383 g/mol. The maximum Gasteiger partial charge on any atom is 0.340 e. The summed E-state index contributed by atoms with van der Waals surface area (Å²) >= 11 is 4.67. The van der Waals surface area contributed by atoms with Crippen molar-refractivity contribution in [2.24, 2.45) is 0 Å². The number of pyridine rings is 1. The Kier molecular flexibility index (Phi) is 4.78. The minimum atomic E-state index is -0.463. The Labute approximate surface area is 144 Å². The molecule has 0 atom stereocenters. The van der Waals surface area contributed by atoms with Crippen LogP contribution in [-0.4, -0.2) is 15.9 Å². The molecule has 23 heavy (non-hydrogen) atoms. The molecule has 0 aliphatic heterocycles. The van der Waals surface area contributed by atoms with E-state index in [4.69, 9.17) is 4.74 Å². The fourth-order valence-corrected chi connectivity index (χ4v) is 3.02. The standard InChI is InChI=1S/C16H10BrFN2O2S/c17-12-5-11(6-19-7-12)16(21)22-8-14-9-23-15(20-14)10-1-3-13(18)4-2-10/h1-7,9H,8H2. The highest BCUT2D eigenvalue weighted by molar-refractivity contribution is 9.10. The summed E-state index contributed by atoms with van der Waals surface area (Å²) in [5.41, 5.74) is 1.84. The van der Waals surface area contributed by atoms with Crippen LogP contribution < -0.4 is 0 Å². The second-order valence-electron chi connectivity index (χ2n) is 4.62. The summed E-state index contributed by atoms with van der Waals surface area (Å²) in [5.74, 6) is -0.753. The molecule has 3 rings (SSSR count). The number of hydrogen-bond donors (Lipinski definition) is 0. The van der Waals surface area contributed by atoms with Gasteiger partial charge in [-0.05, 0) is 46.3 Å². The minimum absolute atomic E-state index is 0.0725. The third kappa shape index (κ3) is 4.00. The first-order valence-corrected chi connectivity index (χ1v) is 8.27. The van der Waals surface area contributed by atoms with Crippen LogP contribution in [0.1, 0.15) is 16.1 Å². The van der Waals surface area contributed by atoms with E-state index in [2.05, 4.69) is 25.9 Å². The van der Waals surface area contributed by atoms with Gasteiger partial charge >= 0.3 is 5.97 Å². The molecule has 0 unspecified atom stereocenters. The summed E-state index contributed by atoms with van der Waals surface area (Å²) in [7, 11) is 0. The van der Waals surface area contributed by atoms with E-state index in [9.17, 15) is 9.18 Å². The predicted molar refractivity (Wildman–Crippen MR) is 88.6 cm³/mol. The summed E-state index contributed by atoms with van der Waals surface area (Å²) in [4.78, 5) is 20.2. The molecule has 0 saturated carbocycles. The highest BCUT2D eigenvalue weighted by Crippen LogP contribution is 2.24. The third-order valence-electron chi connectivity index (χ3n) is 2.93. The van der Waals surface area contributed by atoms with Crippen molar-refractivity contribution < 1.29 is 13.9 Å². The Morgan fingerprint density at radius 3 is 2.78 bits per heavy atom. The zero-order valence-corrected chi connectivity index (χ0v) is 14.1. The monoisotopic (exact) mass is 392 g/mol. The fraction of sp³-hybridized carbons (Fsp3) is 0.0625. The Morgan fingerprint density at radius 1 is 1.26 bits per heavy atom. The maximum absolute atomic E-state index is 12.9. The summed E-state index contributed by atoms with van der Waals surface area (Å²) in [6, 6.07) is 7.74. The lowest BCUT2D eigenvalue weighted by molar-refractivity contribution is 0.0468. The van der Waals surface area contributed by atoms with Gasteiger partial charge in [0.15, 0.2) is 0 Å². The number of carbonyl (C=O) groups excluding carboxylic acids is 1. The number of carbonyl (C=O) groups is 1. The van der Waals surface area contributed by atoms with Crippen molar-refractivity contribution in [2.75, 3.05) is 0 Å². The quantitative estimate of drug-likeness (QED) is 0.614. The molecule has 116 valence electrons. The lowest BCUT2D eigenvalue weighted by Gasteiger charge is -2.02. The fourth-order valence-electron chi connectivity index (χ4n) is 1.84. The molecule has 0 saturated heterocycles. The van der Waals surface area contributed by atoms with Gasteiger partial charge in [0, 0.05) is 27.8 Å². The lowest BCUT2D eigenvalue weighted by atomic mass is 10.2. The van der Waals surface area contributed by atoms with Crippen molar-refractivity contribution in [1.29, 1.82) is 0 Å². The zero-order valence-electron chi connectivity index (χ0n) is 11.7. The molecule has 0 fully saturated rings. The van der Waals surface area contributed by atoms with Gasteiger partial charge in [-0.3, -0.25) is 4.98 Å². The van der Waals surface area contributed by atoms with Crippen LogP contribution in [0.4, 0.5) is 4.39 Å². The first kappa shape index (κ1) is 15.8. The molecule has 3 aromatic rings. The van der Waals surface area contributed by atoms with Crippen LogP contribution in [0.25, 0.3) is 10.6 Å². The van der Waals surface area contributed by atoms with Gasteiger partial charge in [0.1, 0.15) is 17.4 Å². The molecule has 4 nitrogen and oxygen atoms in total. The first-order valence-electron chi connectivity index (χ1n) is 6.60. The van der Waals surface area contributed by atoms with Crippen molar-refractivity contribution in [3.8, 4) is 10.6 Å². The second kappa shape index (κ2) is 6.97. The van der Waals surface area contributed by atoms with Crippen molar-refractivity contribution in [3.05, 3.63) is 69.7 Å². The van der Waals surface area contributed by atoms with Gasteiger partial charge in [0.25, 0.3) is 0 Å². The summed E-state index contributed by atoms with van der Waals surface area (Å²) < 4.78 is 18.9. The number of halogens is 2. The Morgan fingerprint density at radius 2 is 2.04 bits per heavy atom. The van der Waals surface area contributed by atoms with E-state index >= 15 is 0 Å². The average Bonchev–Trinajstić information content (AvgIpc) is 3.02. The number of nitrogens with zero attached hydrogens (tertiary/aromatic N) is 2. The van der Waals surface area contributed by atoms with Crippen LogP contribution in [0.2, 0.25) is 0 Å². The van der Waals surface area contributed by atoms with Gasteiger partial charge in [-0.2, -0.15) is 0 Å². The number of hydrogen-bond acceptors (Lipinski definition) is 5. The van der Waals surface area contributed by atoms with Crippen molar-refractivity contribution in [1.82, 2.24) is 9.97 Å². The van der Waals surface area contributed by atoms with Gasteiger partial charge < -0.3 is 4.74 Å². The molecule has 2 aromatic heterocycles. The van der Waals surface area contributed by atoms with Gasteiger partial charge in [0.2, 0.25) is 0 Å². The molecule has 0 bridgehead atoms. The van der Waals surface area contributed by atoms with Crippen LogP contribution in [0.3, 0.4) is 0 Å². The molecule has 0 radical (unpaired) electrons. The third-order valence-corrected chi connectivity index (χ3v) is 4.31. The largest absolute Gasteiger partial charge is 0.456 e. The van der Waals surface area contributed by atoms with Crippen LogP contribution in [-0.2, 0) is 11.3 Å². The number of rotatable bonds is 4. The molecule has 1 aromatic carbocycles. The normalized spacial score (nSPS) is 10.5. The van der Waals surface area contributed by atoms with E-state index in [0.717, 1.165) is 10.6 Å². The Bertz CT molecular complexity index is 836. The zero-order chi connectivity index (χ0) is 16.2. The van der Waals surface area contributed by atoms with Gasteiger partial charge in [0.05, 0.1) is 11.3 Å². The Balaban J connectivity index is 1.65. The first-order chi connectivity index (χ1) is 11.1. The number of esters is 1. The lowest BCUT2D eigenvalue weighted by Crippen LogP contribution is -2.05. The summed E-state index contributed by atoms with van der Waals surface area (Å²) in [5, 5.41) is 2.56. The average molecular weight is 393 g/mol. The molecule has 0 aliphatic rings. The van der Waals surface area contributed by atoms with E-state index in [-0.39, 0.29) is 12.4 Å². The smallest absolute Gasteiger partial charge is 0.340 e. The number of aromatic nitrogens is 2. The highest BCUT2D eigenvalue weighted by atomic mass is 79.9. The van der Waals surface area contributed by atoms with Crippen molar-refractivity contribution in [3.63, 3.8) is 0 Å². The SMILES string of the molecule is O=C(OCc1csc(-c2ccc(F)cc2)n1)c1cncc(Br)c1. The van der Waals surface area contributed by atoms with Crippen LogP contribution in [0, 0.1) is 5.82 Å². The van der Waals surface area contributed by atoms with E-state index in [1.165, 1.54) is 29.7 Å². The predicted octanol–water partition coefficient (Wildman–Crippen LogP) is 4.46. The highest BCUT2D eigenvalue weighted by Gasteiger charge is 2.11. The number of thiazole rings is 1. The van der Waals surface area contributed by atoms with Crippen molar-refractivity contribution in [2.45, 2.75) is 6.61 Å². The van der Waals surface area contributed by atoms with E-state index in [1.807, 2.05) is 5.38 Å². The van der Waals surface area contributed by atoms with Crippen LogP contribution >= 0.6 is 27.3 Å². The molecule has 0 amide bonds.